The zero-order valence-electron chi connectivity index (χ0n) is 4.87. The van der Waals surface area contributed by atoms with Gasteiger partial charge in [0.2, 0.25) is 0 Å². The maximum Gasteiger partial charge on any atom is 0.265 e. The lowest BCUT2D eigenvalue weighted by molar-refractivity contribution is -0.219. The summed E-state index contributed by atoms with van der Waals surface area (Å²) >= 11 is 6.17. The average Bonchev–Trinajstić information content (AvgIpc) is 1.81. The van der Waals surface area contributed by atoms with Gasteiger partial charge in [-0.25, -0.2) is 0 Å². The molecule has 0 aromatic heterocycles. The molecule has 4 nitrogen and oxygen atoms in total. The van der Waals surface area contributed by atoms with Crippen molar-refractivity contribution >= 4 is 39.7 Å². The average molecular weight is 297 g/mol. The molecule has 0 saturated heterocycles. The Morgan fingerprint density at radius 3 is 2.60 bits per heavy atom. The maximum absolute atomic E-state index is 9.98. The lowest BCUT2D eigenvalue weighted by Crippen LogP contribution is -2.12. The van der Waals surface area contributed by atoms with Crippen molar-refractivity contribution in [1.29, 1.82) is 0 Å². The van der Waals surface area contributed by atoms with Crippen LogP contribution < -0.4 is 4.89 Å². The number of alkyl halides is 2. The molecule has 0 aliphatic carbocycles. The van der Waals surface area contributed by atoms with Gasteiger partial charge in [0.05, 0.1) is 6.61 Å². The summed E-state index contributed by atoms with van der Waals surface area (Å²) in [5, 5.41) is 0.562. The fourth-order valence-electron chi connectivity index (χ4n) is 0.220. The molecule has 2 atom stereocenters. The van der Waals surface area contributed by atoms with E-state index in [9.17, 15) is 9.46 Å². The summed E-state index contributed by atoms with van der Waals surface area (Å²) < 4.78 is 14.0. The molecule has 7 heteroatoms. The van der Waals surface area contributed by atoms with Gasteiger partial charge in [-0.3, -0.25) is 4.57 Å². The zero-order valence-corrected chi connectivity index (χ0v) is 8.93. The van der Waals surface area contributed by atoms with Crippen LogP contribution in [0.1, 0.15) is 0 Å². The summed E-state index contributed by atoms with van der Waals surface area (Å²) in [6.07, 6.45) is 0. The monoisotopic (exact) mass is 295 g/mol. The van der Waals surface area contributed by atoms with Crippen LogP contribution >= 0.6 is 39.7 Å². The second-order valence-electron chi connectivity index (χ2n) is 1.52. The van der Waals surface area contributed by atoms with Gasteiger partial charge in [-0.05, 0) is 0 Å². The molecular weight excluding hydrogens is 291 g/mol. The molecule has 0 rings (SSSR count). The van der Waals surface area contributed by atoms with Crippen molar-refractivity contribution in [3.63, 3.8) is 0 Å². The Morgan fingerprint density at radius 1 is 1.80 bits per heavy atom. The minimum atomic E-state index is -4.53. The number of hydrogen-bond acceptors (Lipinski definition) is 3. The second-order valence-corrected chi connectivity index (χ2v) is 4.65. The van der Waals surface area contributed by atoms with E-state index in [2.05, 4.69) is 36.4 Å². The van der Waals surface area contributed by atoms with Crippen molar-refractivity contribution in [3.05, 3.63) is 0 Å². The first-order chi connectivity index (χ1) is 4.45. The van der Waals surface area contributed by atoms with Crippen molar-refractivity contribution in [3.8, 4) is 0 Å². The molecular formula is C3H6Br2O4P-. The first kappa shape index (κ1) is 11.1. The molecule has 0 aromatic rings. The van der Waals surface area contributed by atoms with Crippen LogP contribution in [-0.4, -0.2) is 21.7 Å². The minimum Gasteiger partial charge on any atom is -0.756 e. The van der Waals surface area contributed by atoms with Crippen LogP contribution in [-0.2, 0) is 9.09 Å². The van der Waals surface area contributed by atoms with Crippen LogP contribution in [0.2, 0.25) is 0 Å². The molecule has 0 aliphatic heterocycles. The molecule has 0 radical (unpaired) electrons. The van der Waals surface area contributed by atoms with Crippen LogP contribution in [0.15, 0.2) is 0 Å². The standard InChI is InChI=1S/C3H7Br2O4P/c4-1-3(5)2-9-10(6,7)8/h3H,1-2H2,(H2,6,7,8)/p-1. The summed E-state index contributed by atoms with van der Waals surface area (Å²) in [6.45, 7) is -0.0669. The molecule has 10 heavy (non-hydrogen) atoms. The van der Waals surface area contributed by atoms with Crippen molar-refractivity contribution in [1.82, 2.24) is 0 Å². The predicted molar refractivity (Wildman–Crippen MR) is 42.3 cm³/mol. The smallest absolute Gasteiger partial charge is 0.265 e. The minimum absolute atomic E-state index is 0.0669. The molecule has 0 heterocycles. The van der Waals surface area contributed by atoms with Gasteiger partial charge in [-0.2, -0.15) is 0 Å². The van der Waals surface area contributed by atoms with Gasteiger partial charge in [0.15, 0.2) is 0 Å². The van der Waals surface area contributed by atoms with E-state index in [1.807, 2.05) is 0 Å². The molecule has 0 spiro atoms. The normalized spacial score (nSPS) is 20.0. The van der Waals surface area contributed by atoms with E-state index < -0.39 is 7.82 Å². The SMILES string of the molecule is O=P([O-])(O)OCC(Br)CBr. The Bertz CT molecular complexity index is 134. The van der Waals surface area contributed by atoms with Crippen LogP contribution in [0, 0.1) is 0 Å². The van der Waals surface area contributed by atoms with E-state index in [-0.39, 0.29) is 11.4 Å². The van der Waals surface area contributed by atoms with Crippen molar-refractivity contribution < 1.29 is 18.9 Å². The number of phosphoric ester groups is 1. The lowest BCUT2D eigenvalue weighted by Gasteiger charge is -2.16. The van der Waals surface area contributed by atoms with Crippen molar-refractivity contribution in [2.75, 3.05) is 11.9 Å². The number of phosphoric acid groups is 1. The zero-order chi connectivity index (χ0) is 8.20. The Hall–Kier alpha value is 1.07. The van der Waals surface area contributed by atoms with Gasteiger partial charge < -0.3 is 14.3 Å². The summed E-state index contributed by atoms with van der Waals surface area (Å²) in [5.74, 6) is 0. The third kappa shape index (κ3) is 7.18. The largest absolute Gasteiger partial charge is 0.756 e. The Kier molecular flexibility index (Phi) is 5.37. The highest BCUT2D eigenvalue weighted by molar-refractivity contribution is 9.12. The number of hydrogen-bond donors (Lipinski definition) is 1. The molecule has 0 amide bonds. The van der Waals surface area contributed by atoms with Gasteiger partial charge >= 0.3 is 0 Å². The van der Waals surface area contributed by atoms with E-state index >= 15 is 0 Å². The van der Waals surface area contributed by atoms with E-state index in [1.54, 1.807) is 0 Å². The summed E-state index contributed by atoms with van der Waals surface area (Å²) in [4.78, 5) is 18.0. The summed E-state index contributed by atoms with van der Waals surface area (Å²) in [7, 11) is -4.53. The third-order valence-electron chi connectivity index (χ3n) is 0.586. The van der Waals surface area contributed by atoms with E-state index in [4.69, 9.17) is 4.89 Å². The summed E-state index contributed by atoms with van der Waals surface area (Å²) in [5.41, 5.74) is 0. The Morgan fingerprint density at radius 2 is 2.30 bits per heavy atom. The van der Waals surface area contributed by atoms with E-state index in [0.29, 0.717) is 5.33 Å². The lowest BCUT2D eigenvalue weighted by atomic mass is 10.5. The van der Waals surface area contributed by atoms with Crippen LogP contribution in [0.25, 0.3) is 0 Å². The molecule has 1 N–H and O–H groups in total. The third-order valence-corrected chi connectivity index (χ3v) is 3.30. The molecule has 2 unspecified atom stereocenters. The molecule has 0 aromatic carbocycles. The van der Waals surface area contributed by atoms with Gasteiger partial charge in [0.25, 0.3) is 7.82 Å². The second kappa shape index (κ2) is 4.85. The van der Waals surface area contributed by atoms with Crippen LogP contribution in [0.4, 0.5) is 0 Å². The van der Waals surface area contributed by atoms with Gasteiger partial charge in [0.1, 0.15) is 0 Å². The topological polar surface area (TPSA) is 69.6 Å². The molecule has 0 saturated carbocycles. The number of rotatable bonds is 4. The van der Waals surface area contributed by atoms with Gasteiger partial charge in [-0.1, -0.05) is 31.9 Å². The highest BCUT2D eigenvalue weighted by Gasteiger charge is 2.06. The highest BCUT2D eigenvalue weighted by Crippen LogP contribution is 2.30. The van der Waals surface area contributed by atoms with Gasteiger partial charge in [0, 0.05) is 10.2 Å². The van der Waals surface area contributed by atoms with Crippen molar-refractivity contribution in [2.24, 2.45) is 0 Å². The number of halogens is 2. The van der Waals surface area contributed by atoms with Crippen molar-refractivity contribution in [2.45, 2.75) is 4.83 Å². The van der Waals surface area contributed by atoms with Gasteiger partial charge in [-0.15, -0.1) is 0 Å². The molecule has 0 fully saturated rings. The summed E-state index contributed by atoms with van der Waals surface area (Å²) in [6, 6.07) is 0. The molecule has 62 valence electrons. The fraction of sp³-hybridized carbons (Fsp3) is 1.00. The predicted octanol–water partition coefficient (Wildman–Crippen LogP) is 0.622. The van der Waals surface area contributed by atoms with E-state index in [1.165, 1.54) is 0 Å². The quantitative estimate of drug-likeness (QED) is 0.610. The fourth-order valence-corrected chi connectivity index (χ4v) is 1.11. The van der Waals surface area contributed by atoms with Crippen LogP contribution in [0.5, 0.6) is 0 Å². The van der Waals surface area contributed by atoms with Crippen LogP contribution in [0.3, 0.4) is 0 Å². The molecule has 0 bridgehead atoms. The Labute approximate surface area is 75.5 Å². The molecule has 0 aliphatic rings. The van der Waals surface area contributed by atoms with E-state index in [0.717, 1.165) is 0 Å². The highest BCUT2D eigenvalue weighted by atomic mass is 79.9. The first-order valence-corrected chi connectivity index (χ1v) is 5.87. The maximum atomic E-state index is 9.98. The first-order valence-electron chi connectivity index (χ1n) is 2.34. The Balaban J connectivity index is 3.46.